The SMILES string of the molecule is CCCCCCCCCCCCCCCCCC(=O)O[C@H](COC(=O)CCCCCCCCC)COP(=O)(O)OC[C@H](O)COP(=O)(O)OC[C@@H](COC(=O)CCCCCCCCCCCCCCCC(C)C)OC(=O)CCCCCCCCCCCCCCCCCCCCC(C)C. The summed E-state index contributed by atoms with van der Waals surface area (Å²) in [6.07, 6.45) is 61.2. The Morgan fingerprint density at radius 3 is 0.687 bits per heavy atom. The molecule has 588 valence electrons. The van der Waals surface area contributed by atoms with Gasteiger partial charge < -0.3 is 33.8 Å². The predicted molar refractivity (Wildman–Crippen MR) is 405 cm³/mol. The highest BCUT2D eigenvalue weighted by Crippen LogP contribution is 2.45. The first-order valence-corrected chi connectivity index (χ1v) is 44.5. The number of aliphatic hydroxyl groups excluding tert-OH is 1. The highest BCUT2D eigenvalue weighted by molar-refractivity contribution is 7.47. The van der Waals surface area contributed by atoms with Crippen LogP contribution in [-0.4, -0.2) is 96.7 Å². The molecule has 0 bridgehead atoms. The topological polar surface area (TPSA) is 237 Å². The van der Waals surface area contributed by atoms with Crippen molar-refractivity contribution in [1.29, 1.82) is 0 Å². The van der Waals surface area contributed by atoms with E-state index in [9.17, 15) is 43.2 Å². The van der Waals surface area contributed by atoms with Gasteiger partial charge in [0.15, 0.2) is 12.2 Å². The smallest absolute Gasteiger partial charge is 0.462 e. The molecule has 2 unspecified atom stereocenters. The van der Waals surface area contributed by atoms with Gasteiger partial charge in [0.05, 0.1) is 26.4 Å². The summed E-state index contributed by atoms with van der Waals surface area (Å²) in [4.78, 5) is 72.8. The van der Waals surface area contributed by atoms with Gasteiger partial charge in [-0.15, -0.1) is 0 Å². The second-order valence-electron chi connectivity index (χ2n) is 29.8. The fourth-order valence-corrected chi connectivity index (χ4v) is 13.9. The van der Waals surface area contributed by atoms with Gasteiger partial charge >= 0.3 is 39.5 Å². The minimum absolute atomic E-state index is 0.108. The number of ether oxygens (including phenoxy) is 4. The number of phosphoric acid groups is 2. The van der Waals surface area contributed by atoms with E-state index in [1.165, 1.54) is 225 Å². The van der Waals surface area contributed by atoms with E-state index in [0.717, 1.165) is 115 Å². The molecular formula is C80H156O17P2. The number of carbonyl (C=O) groups excluding carboxylic acids is 4. The van der Waals surface area contributed by atoms with Crippen molar-refractivity contribution in [2.45, 2.75) is 439 Å². The molecule has 0 amide bonds. The van der Waals surface area contributed by atoms with Gasteiger partial charge in [-0.05, 0) is 37.5 Å². The minimum Gasteiger partial charge on any atom is -0.462 e. The van der Waals surface area contributed by atoms with Gasteiger partial charge in [0.25, 0.3) is 0 Å². The van der Waals surface area contributed by atoms with E-state index in [1.54, 1.807) is 0 Å². The number of unbranched alkanes of at least 4 members (excludes halogenated alkanes) is 49. The highest BCUT2D eigenvalue weighted by atomic mass is 31.2. The Bertz CT molecular complexity index is 1910. The van der Waals surface area contributed by atoms with Crippen molar-refractivity contribution in [3.8, 4) is 0 Å². The molecule has 0 rings (SSSR count). The van der Waals surface area contributed by atoms with Gasteiger partial charge in [0.2, 0.25) is 0 Å². The van der Waals surface area contributed by atoms with E-state index in [4.69, 9.17) is 37.0 Å². The lowest BCUT2D eigenvalue weighted by molar-refractivity contribution is -0.161. The van der Waals surface area contributed by atoms with Gasteiger partial charge in [0.1, 0.15) is 19.3 Å². The molecule has 0 aliphatic rings. The van der Waals surface area contributed by atoms with E-state index < -0.39 is 97.5 Å². The quantitative estimate of drug-likeness (QED) is 0.0222. The van der Waals surface area contributed by atoms with Crippen molar-refractivity contribution < 1.29 is 80.2 Å². The third kappa shape index (κ3) is 74.1. The summed E-state index contributed by atoms with van der Waals surface area (Å²) >= 11 is 0. The Hall–Kier alpha value is -1.94. The van der Waals surface area contributed by atoms with Crippen LogP contribution in [0.3, 0.4) is 0 Å². The lowest BCUT2D eigenvalue weighted by Gasteiger charge is -2.21. The summed E-state index contributed by atoms with van der Waals surface area (Å²) in [5, 5.41) is 10.6. The van der Waals surface area contributed by atoms with Crippen molar-refractivity contribution in [1.82, 2.24) is 0 Å². The second-order valence-corrected chi connectivity index (χ2v) is 32.7. The zero-order valence-corrected chi connectivity index (χ0v) is 66.6. The lowest BCUT2D eigenvalue weighted by atomic mass is 10.0. The van der Waals surface area contributed by atoms with E-state index in [1.807, 2.05) is 0 Å². The first-order valence-electron chi connectivity index (χ1n) is 41.5. The third-order valence-electron chi connectivity index (χ3n) is 18.7. The van der Waals surface area contributed by atoms with Gasteiger partial charge in [-0.3, -0.25) is 37.3 Å². The van der Waals surface area contributed by atoms with Crippen LogP contribution in [0, 0.1) is 11.8 Å². The molecule has 5 atom stereocenters. The van der Waals surface area contributed by atoms with Crippen LogP contribution in [0.5, 0.6) is 0 Å². The molecule has 17 nitrogen and oxygen atoms in total. The van der Waals surface area contributed by atoms with Gasteiger partial charge in [-0.1, -0.05) is 369 Å². The Balaban J connectivity index is 5.17. The molecule has 99 heavy (non-hydrogen) atoms. The molecule has 0 radical (unpaired) electrons. The van der Waals surface area contributed by atoms with Crippen LogP contribution in [0.4, 0.5) is 0 Å². The molecule has 0 saturated carbocycles. The Kier molecular flexibility index (Phi) is 70.3. The molecule has 19 heteroatoms. The molecule has 0 aromatic heterocycles. The molecule has 0 heterocycles. The molecule has 0 aromatic carbocycles. The van der Waals surface area contributed by atoms with Gasteiger partial charge in [-0.25, -0.2) is 9.13 Å². The first-order chi connectivity index (χ1) is 47.9. The second kappa shape index (κ2) is 71.7. The molecule has 0 saturated heterocycles. The van der Waals surface area contributed by atoms with Crippen LogP contribution < -0.4 is 0 Å². The van der Waals surface area contributed by atoms with Crippen molar-refractivity contribution >= 4 is 39.5 Å². The molecule has 0 aliphatic carbocycles. The van der Waals surface area contributed by atoms with Crippen molar-refractivity contribution in [2.24, 2.45) is 11.8 Å². The summed E-state index contributed by atoms with van der Waals surface area (Å²) in [7, 11) is -9.91. The summed E-state index contributed by atoms with van der Waals surface area (Å²) in [5.74, 6) is -0.502. The lowest BCUT2D eigenvalue weighted by Crippen LogP contribution is -2.30. The van der Waals surface area contributed by atoms with Crippen LogP contribution in [-0.2, 0) is 65.4 Å². The van der Waals surface area contributed by atoms with Crippen molar-refractivity contribution in [3.63, 3.8) is 0 Å². The minimum atomic E-state index is -4.96. The molecule has 0 aromatic rings. The summed E-state index contributed by atoms with van der Waals surface area (Å²) in [6, 6.07) is 0. The van der Waals surface area contributed by atoms with Crippen LogP contribution in [0.25, 0.3) is 0 Å². The number of hydrogen-bond acceptors (Lipinski definition) is 15. The standard InChI is InChI=1S/C80H156O17P2/c1-7-9-11-13-15-16-17-18-23-29-35-40-46-52-58-64-79(84)96-75(68-90-77(82)62-56-50-42-14-12-10-8-2)70-94-98(86,87)92-66-74(81)67-93-99(88,89)95-71-76(69-91-78(83)63-57-51-45-39-34-31-26-28-33-38-44-49-55-61-73(5)6)97-80(85)65-59-53-47-41-36-30-25-22-20-19-21-24-27-32-37-43-48-54-60-72(3)4/h72-76,81H,7-71H2,1-6H3,(H,86,87)(H,88,89)/t74-,75+,76+/m0/s1. The van der Waals surface area contributed by atoms with Crippen LogP contribution >= 0.6 is 15.6 Å². The maximum absolute atomic E-state index is 13.1. The van der Waals surface area contributed by atoms with Crippen LogP contribution in [0.1, 0.15) is 420 Å². The maximum Gasteiger partial charge on any atom is 0.472 e. The molecular weight excluding hydrogens is 1290 g/mol. The number of rotatable bonds is 79. The Morgan fingerprint density at radius 1 is 0.273 bits per heavy atom. The Labute approximate surface area is 607 Å². The largest absolute Gasteiger partial charge is 0.472 e. The number of phosphoric ester groups is 2. The average Bonchev–Trinajstić information content (AvgIpc) is 1.25. The number of hydrogen-bond donors (Lipinski definition) is 3. The average molecular weight is 1450 g/mol. The van der Waals surface area contributed by atoms with Gasteiger partial charge in [0, 0.05) is 25.7 Å². The fraction of sp³-hybridized carbons (Fsp3) is 0.950. The molecule has 0 spiro atoms. The number of esters is 4. The fourth-order valence-electron chi connectivity index (χ4n) is 12.4. The normalized spacial score (nSPS) is 13.9. The highest BCUT2D eigenvalue weighted by Gasteiger charge is 2.30. The molecule has 0 fully saturated rings. The monoisotopic (exact) mass is 1450 g/mol. The molecule has 3 N–H and O–H groups in total. The number of aliphatic hydroxyl groups is 1. The van der Waals surface area contributed by atoms with Crippen LogP contribution in [0.2, 0.25) is 0 Å². The first kappa shape index (κ1) is 97.1. The summed E-state index contributed by atoms with van der Waals surface area (Å²) in [6.45, 7) is 9.64. The summed E-state index contributed by atoms with van der Waals surface area (Å²) in [5.41, 5.74) is 0. The zero-order valence-electron chi connectivity index (χ0n) is 64.8. The van der Waals surface area contributed by atoms with E-state index >= 15 is 0 Å². The van der Waals surface area contributed by atoms with E-state index in [-0.39, 0.29) is 25.7 Å². The van der Waals surface area contributed by atoms with Crippen LogP contribution in [0.15, 0.2) is 0 Å². The Morgan fingerprint density at radius 2 is 0.465 bits per heavy atom. The van der Waals surface area contributed by atoms with Crippen molar-refractivity contribution in [2.75, 3.05) is 39.6 Å². The van der Waals surface area contributed by atoms with E-state index in [0.29, 0.717) is 25.7 Å². The van der Waals surface area contributed by atoms with Gasteiger partial charge in [-0.2, -0.15) is 0 Å². The third-order valence-corrected chi connectivity index (χ3v) is 20.6. The maximum atomic E-state index is 13.1. The van der Waals surface area contributed by atoms with E-state index in [2.05, 4.69) is 41.5 Å². The number of carbonyl (C=O) groups is 4. The summed E-state index contributed by atoms with van der Waals surface area (Å²) < 4.78 is 68.6. The zero-order chi connectivity index (χ0) is 72.8. The van der Waals surface area contributed by atoms with Crippen molar-refractivity contribution in [3.05, 3.63) is 0 Å². The predicted octanol–water partition coefficient (Wildman–Crippen LogP) is 23.9. The molecule has 0 aliphatic heterocycles.